The maximum Gasteiger partial charge on any atom is 0.0387 e. The van der Waals surface area contributed by atoms with Gasteiger partial charge in [-0.25, -0.2) is 0 Å². The monoisotopic (exact) mass is 609 g/mol. The van der Waals surface area contributed by atoms with Crippen molar-refractivity contribution in [3.05, 3.63) is 142 Å². The van der Waals surface area contributed by atoms with Crippen molar-refractivity contribution in [1.29, 1.82) is 0 Å². The average Bonchev–Trinajstić information content (AvgIpc) is 3.41. The second kappa shape index (κ2) is 9.26. The zero-order valence-electron chi connectivity index (χ0n) is 28.9. The van der Waals surface area contributed by atoms with Crippen LogP contribution < -0.4 is 5.32 Å². The van der Waals surface area contributed by atoms with E-state index in [9.17, 15) is 0 Å². The predicted octanol–water partition coefficient (Wildman–Crippen LogP) is 12.6. The third-order valence-electron chi connectivity index (χ3n) is 12.0. The minimum absolute atomic E-state index is 0.0575. The third kappa shape index (κ3) is 3.72. The number of hydrogen-bond donors (Lipinski definition) is 1. The molecule has 0 aliphatic heterocycles. The Hall–Kier alpha value is -4.62. The summed E-state index contributed by atoms with van der Waals surface area (Å²) in [4.78, 5) is 0. The van der Waals surface area contributed by atoms with Gasteiger partial charge in [0.1, 0.15) is 0 Å². The number of nitrogens with one attached hydrogen (secondary N) is 1. The normalized spacial score (nSPS) is 16.8. The fourth-order valence-corrected chi connectivity index (χ4v) is 9.25. The minimum atomic E-state index is -0.112. The Kier molecular flexibility index (Phi) is 5.63. The van der Waals surface area contributed by atoms with Gasteiger partial charge in [-0.05, 0) is 131 Å². The van der Waals surface area contributed by atoms with Crippen LogP contribution in [-0.4, -0.2) is 0 Å². The van der Waals surface area contributed by atoms with Crippen LogP contribution in [0, 0.1) is 0 Å². The number of fused-ring (bicyclic) bond motifs is 9. The van der Waals surface area contributed by atoms with Crippen LogP contribution in [0.2, 0.25) is 0 Å². The molecular formula is C46H43N. The largest absolute Gasteiger partial charge is 0.356 e. The molecule has 9 rings (SSSR count). The Morgan fingerprint density at radius 2 is 1.02 bits per heavy atom. The molecule has 3 aliphatic rings. The molecule has 0 radical (unpaired) electrons. The van der Waals surface area contributed by atoms with Crippen LogP contribution >= 0.6 is 0 Å². The van der Waals surface area contributed by atoms with E-state index >= 15 is 0 Å². The Morgan fingerprint density at radius 3 is 1.79 bits per heavy atom. The molecule has 232 valence electrons. The SMILES string of the molecule is CC(C)c1ccc(Nc2ccc3c(c2)C(C)(C)c2cc4c(cc2-3)C(C)(C)c2cc3c5c(cccc5c2-4)C(C)(C)c2ccccc2-3)cc1. The number of benzene rings is 6. The molecule has 0 atom stereocenters. The molecular weight excluding hydrogens is 567 g/mol. The highest BCUT2D eigenvalue weighted by molar-refractivity contribution is 6.13. The van der Waals surface area contributed by atoms with Crippen molar-refractivity contribution in [1.82, 2.24) is 0 Å². The van der Waals surface area contributed by atoms with Crippen molar-refractivity contribution in [2.75, 3.05) is 5.32 Å². The molecule has 0 unspecified atom stereocenters. The highest BCUT2D eigenvalue weighted by Crippen LogP contribution is 2.60. The van der Waals surface area contributed by atoms with Gasteiger partial charge in [0.25, 0.3) is 0 Å². The van der Waals surface area contributed by atoms with Gasteiger partial charge in [-0.3, -0.25) is 0 Å². The highest BCUT2D eigenvalue weighted by atomic mass is 14.9. The molecule has 0 saturated carbocycles. The van der Waals surface area contributed by atoms with Gasteiger partial charge in [-0.2, -0.15) is 0 Å². The molecule has 0 amide bonds. The van der Waals surface area contributed by atoms with Crippen LogP contribution in [0.25, 0.3) is 44.2 Å². The predicted molar refractivity (Wildman–Crippen MR) is 200 cm³/mol. The van der Waals surface area contributed by atoms with Gasteiger partial charge >= 0.3 is 0 Å². The summed E-state index contributed by atoms with van der Waals surface area (Å²) in [5, 5.41) is 6.52. The second-order valence-corrected chi connectivity index (χ2v) is 16.1. The van der Waals surface area contributed by atoms with E-state index in [1.807, 2.05) is 0 Å². The fraction of sp³-hybridized carbons (Fsp3) is 0.261. The lowest BCUT2D eigenvalue weighted by Crippen LogP contribution is -2.24. The zero-order valence-corrected chi connectivity index (χ0v) is 28.9. The lowest BCUT2D eigenvalue weighted by Gasteiger charge is -2.36. The molecule has 0 spiro atoms. The quantitative estimate of drug-likeness (QED) is 0.210. The molecule has 47 heavy (non-hydrogen) atoms. The van der Waals surface area contributed by atoms with Gasteiger partial charge in [0.05, 0.1) is 0 Å². The molecule has 0 saturated heterocycles. The van der Waals surface area contributed by atoms with E-state index in [4.69, 9.17) is 0 Å². The van der Waals surface area contributed by atoms with Gasteiger partial charge in [-0.1, -0.05) is 116 Å². The third-order valence-corrected chi connectivity index (χ3v) is 12.0. The second-order valence-electron chi connectivity index (χ2n) is 16.1. The molecule has 3 aliphatic carbocycles. The summed E-state index contributed by atoms with van der Waals surface area (Å²) in [6, 6.07) is 39.6. The van der Waals surface area contributed by atoms with Crippen molar-refractivity contribution in [3.8, 4) is 33.4 Å². The Balaban J connectivity index is 1.21. The van der Waals surface area contributed by atoms with Crippen molar-refractivity contribution in [3.63, 3.8) is 0 Å². The van der Waals surface area contributed by atoms with Crippen LogP contribution in [0.3, 0.4) is 0 Å². The summed E-state index contributed by atoms with van der Waals surface area (Å²) in [6.45, 7) is 19.0. The molecule has 1 nitrogen and oxygen atoms in total. The first-order chi connectivity index (χ1) is 22.4. The molecule has 0 aromatic heterocycles. The maximum absolute atomic E-state index is 3.69. The fourth-order valence-electron chi connectivity index (χ4n) is 9.25. The van der Waals surface area contributed by atoms with E-state index < -0.39 is 0 Å². The van der Waals surface area contributed by atoms with E-state index in [0.717, 1.165) is 11.4 Å². The van der Waals surface area contributed by atoms with Gasteiger partial charge in [0.2, 0.25) is 0 Å². The summed E-state index contributed by atoms with van der Waals surface area (Å²) in [6.07, 6.45) is 0. The van der Waals surface area contributed by atoms with E-state index in [0.29, 0.717) is 5.92 Å². The van der Waals surface area contributed by atoms with Crippen LogP contribution in [-0.2, 0) is 16.2 Å². The first-order valence-corrected chi connectivity index (χ1v) is 17.3. The first-order valence-electron chi connectivity index (χ1n) is 17.3. The summed E-state index contributed by atoms with van der Waals surface area (Å²) < 4.78 is 0. The molecule has 6 aromatic carbocycles. The summed E-state index contributed by atoms with van der Waals surface area (Å²) in [7, 11) is 0. The summed E-state index contributed by atoms with van der Waals surface area (Å²) >= 11 is 0. The smallest absolute Gasteiger partial charge is 0.0387 e. The molecule has 6 aromatic rings. The number of rotatable bonds is 3. The zero-order chi connectivity index (χ0) is 32.6. The lowest BCUT2D eigenvalue weighted by molar-refractivity contribution is 0.643. The summed E-state index contributed by atoms with van der Waals surface area (Å²) in [5.74, 6) is 0.532. The van der Waals surface area contributed by atoms with Crippen LogP contribution in [0.15, 0.2) is 103 Å². The van der Waals surface area contributed by atoms with E-state index in [1.165, 1.54) is 83.1 Å². The van der Waals surface area contributed by atoms with Crippen molar-refractivity contribution in [2.45, 2.75) is 77.6 Å². The standard InChI is InChI=1S/C46H43N/c1-26(2)27-16-18-28(19-17-27)47-29-20-21-31-33-23-40-35(25-39(33)45(5,6)38(31)22-29)43-32-13-11-15-37-42(32)34(24-41(43)46(40,7)8)30-12-9-10-14-36(30)44(37,3)4/h9-26,47H,1-8H3. The van der Waals surface area contributed by atoms with E-state index in [-0.39, 0.29) is 16.2 Å². The molecule has 1 N–H and O–H groups in total. The first kappa shape index (κ1) is 28.6. The number of hydrogen-bond acceptors (Lipinski definition) is 1. The van der Waals surface area contributed by atoms with Crippen LogP contribution in [0.1, 0.15) is 100 Å². The van der Waals surface area contributed by atoms with Gasteiger partial charge in [0.15, 0.2) is 0 Å². The number of anilines is 2. The average molecular weight is 610 g/mol. The Labute approximate surface area is 279 Å². The Bertz CT molecular complexity index is 2310. The molecule has 0 heterocycles. The minimum Gasteiger partial charge on any atom is -0.356 e. The molecule has 1 heteroatoms. The topological polar surface area (TPSA) is 12.0 Å². The van der Waals surface area contributed by atoms with Crippen molar-refractivity contribution >= 4 is 22.1 Å². The highest BCUT2D eigenvalue weighted by Gasteiger charge is 2.44. The summed E-state index contributed by atoms with van der Waals surface area (Å²) in [5.41, 5.74) is 20.3. The van der Waals surface area contributed by atoms with Crippen LogP contribution in [0.5, 0.6) is 0 Å². The van der Waals surface area contributed by atoms with Gasteiger partial charge in [0, 0.05) is 27.6 Å². The Morgan fingerprint density at radius 1 is 0.447 bits per heavy atom. The van der Waals surface area contributed by atoms with Gasteiger partial charge < -0.3 is 5.32 Å². The van der Waals surface area contributed by atoms with Crippen molar-refractivity contribution < 1.29 is 0 Å². The molecule has 0 fully saturated rings. The lowest BCUT2D eigenvalue weighted by atomic mass is 9.67. The van der Waals surface area contributed by atoms with E-state index in [1.54, 1.807) is 0 Å². The van der Waals surface area contributed by atoms with Gasteiger partial charge in [-0.15, -0.1) is 0 Å². The van der Waals surface area contributed by atoms with Crippen molar-refractivity contribution in [2.24, 2.45) is 0 Å². The maximum atomic E-state index is 3.69. The van der Waals surface area contributed by atoms with E-state index in [2.05, 4.69) is 164 Å². The van der Waals surface area contributed by atoms with Crippen LogP contribution in [0.4, 0.5) is 11.4 Å². The molecule has 0 bridgehead atoms.